The summed E-state index contributed by atoms with van der Waals surface area (Å²) in [6, 6.07) is 27.0. The highest BCUT2D eigenvalue weighted by molar-refractivity contribution is 6.13. The second kappa shape index (κ2) is 11.2. The molecule has 0 amide bonds. The van der Waals surface area contributed by atoms with E-state index in [1.54, 1.807) is 43.5 Å². The zero-order chi connectivity index (χ0) is 29.1. The van der Waals surface area contributed by atoms with Crippen molar-refractivity contribution in [3.63, 3.8) is 0 Å². The topological polar surface area (TPSA) is 98.4 Å². The average Bonchev–Trinajstić information content (AvgIpc) is 2.97. The number of allylic oxidation sites excluding steroid dienone is 1. The number of hydrogen-bond donors (Lipinski definition) is 3. The van der Waals surface area contributed by atoms with Crippen molar-refractivity contribution in [2.24, 2.45) is 4.99 Å². The van der Waals surface area contributed by atoms with Crippen LogP contribution >= 0.6 is 0 Å². The van der Waals surface area contributed by atoms with Gasteiger partial charge in [-0.2, -0.15) is 0 Å². The van der Waals surface area contributed by atoms with Crippen molar-refractivity contribution in [1.29, 1.82) is 5.41 Å². The van der Waals surface area contributed by atoms with Crippen molar-refractivity contribution in [2.45, 2.75) is 31.7 Å². The SMILES string of the molecule is C=CC(C)(C)c1cc(C2CC(c3ccc(O)cc3)=NC(=N)N2c2cccc(Oc3ccccc3)c2)c(OC)cc1O. The molecule has 0 bridgehead atoms. The van der Waals surface area contributed by atoms with E-state index in [0.29, 0.717) is 34.9 Å². The van der Waals surface area contributed by atoms with Crippen LogP contribution in [0.15, 0.2) is 109 Å². The molecule has 4 aromatic rings. The van der Waals surface area contributed by atoms with Crippen LogP contribution in [0.3, 0.4) is 0 Å². The summed E-state index contributed by atoms with van der Waals surface area (Å²) in [6.45, 7) is 7.94. The number of methoxy groups -OCH3 is 1. The Kier molecular flexibility index (Phi) is 7.53. The van der Waals surface area contributed by atoms with Gasteiger partial charge in [-0.05, 0) is 60.2 Å². The van der Waals surface area contributed by atoms with Crippen LogP contribution in [0.2, 0.25) is 0 Å². The third-order valence-corrected chi connectivity index (χ3v) is 7.35. The number of benzene rings is 4. The van der Waals surface area contributed by atoms with Crippen molar-refractivity contribution in [1.82, 2.24) is 0 Å². The van der Waals surface area contributed by atoms with Gasteiger partial charge in [-0.25, -0.2) is 4.99 Å². The minimum atomic E-state index is -0.518. The van der Waals surface area contributed by atoms with E-state index in [0.717, 1.165) is 16.8 Å². The average molecular weight is 548 g/mol. The van der Waals surface area contributed by atoms with Gasteiger partial charge < -0.3 is 24.6 Å². The van der Waals surface area contributed by atoms with Gasteiger partial charge in [-0.15, -0.1) is 6.58 Å². The number of para-hydroxylation sites is 1. The van der Waals surface area contributed by atoms with Crippen LogP contribution in [0, 0.1) is 5.41 Å². The Labute approximate surface area is 240 Å². The van der Waals surface area contributed by atoms with Gasteiger partial charge in [-0.3, -0.25) is 5.41 Å². The second-order valence-corrected chi connectivity index (χ2v) is 10.5. The molecule has 208 valence electrons. The molecule has 7 heteroatoms. The number of nitrogens with zero attached hydrogens (tertiary/aromatic N) is 2. The lowest BCUT2D eigenvalue weighted by atomic mass is 9.81. The molecule has 7 nitrogen and oxygen atoms in total. The van der Waals surface area contributed by atoms with Crippen LogP contribution in [-0.4, -0.2) is 29.0 Å². The summed E-state index contributed by atoms with van der Waals surface area (Å²) >= 11 is 0. The molecule has 4 aromatic carbocycles. The van der Waals surface area contributed by atoms with E-state index in [9.17, 15) is 10.2 Å². The molecular formula is C34H33N3O4. The summed E-state index contributed by atoms with van der Waals surface area (Å²) in [4.78, 5) is 6.54. The van der Waals surface area contributed by atoms with Gasteiger partial charge in [0.05, 0.1) is 18.9 Å². The minimum Gasteiger partial charge on any atom is -0.508 e. The number of aliphatic imine (C=N–C) groups is 1. The molecule has 0 spiro atoms. The van der Waals surface area contributed by atoms with Crippen LogP contribution < -0.4 is 14.4 Å². The van der Waals surface area contributed by atoms with Gasteiger partial charge >= 0.3 is 0 Å². The number of ether oxygens (including phenoxy) is 2. The van der Waals surface area contributed by atoms with Crippen molar-refractivity contribution in [3.8, 4) is 28.7 Å². The Bertz CT molecular complexity index is 1610. The fraction of sp³-hybridized carbons (Fsp3) is 0.176. The summed E-state index contributed by atoms with van der Waals surface area (Å²) in [5, 5.41) is 29.9. The fourth-order valence-corrected chi connectivity index (χ4v) is 5.01. The number of guanidine groups is 1. The van der Waals surface area contributed by atoms with Gasteiger partial charge in [0.15, 0.2) is 0 Å². The van der Waals surface area contributed by atoms with E-state index >= 15 is 0 Å². The van der Waals surface area contributed by atoms with Crippen LogP contribution in [0.25, 0.3) is 0 Å². The quantitative estimate of drug-likeness (QED) is 0.196. The van der Waals surface area contributed by atoms with E-state index in [-0.39, 0.29) is 17.5 Å². The summed E-state index contributed by atoms with van der Waals surface area (Å²) in [5.74, 6) is 2.14. The number of phenolic OH excluding ortho intramolecular Hbond substituents is 2. The summed E-state index contributed by atoms with van der Waals surface area (Å²) < 4.78 is 11.9. The normalized spacial score (nSPS) is 15.3. The maximum atomic E-state index is 10.9. The fourth-order valence-electron chi connectivity index (χ4n) is 5.01. The molecule has 1 aliphatic heterocycles. The number of hydrogen-bond acceptors (Lipinski definition) is 5. The smallest absolute Gasteiger partial charge is 0.223 e. The number of phenols is 2. The zero-order valence-electron chi connectivity index (χ0n) is 23.3. The Morgan fingerprint density at radius 2 is 1.66 bits per heavy atom. The molecule has 0 aromatic heterocycles. The van der Waals surface area contributed by atoms with Crippen LogP contribution in [0.5, 0.6) is 28.7 Å². The molecule has 41 heavy (non-hydrogen) atoms. The molecule has 5 rings (SSSR count). The molecule has 0 saturated carbocycles. The van der Waals surface area contributed by atoms with E-state index in [2.05, 4.69) is 11.6 Å². The van der Waals surface area contributed by atoms with E-state index in [1.165, 1.54) is 0 Å². The predicted molar refractivity (Wildman–Crippen MR) is 163 cm³/mol. The molecule has 3 N–H and O–H groups in total. The van der Waals surface area contributed by atoms with Crippen molar-refractivity contribution in [3.05, 3.63) is 120 Å². The zero-order valence-corrected chi connectivity index (χ0v) is 23.3. The van der Waals surface area contributed by atoms with Gasteiger partial charge in [0.2, 0.25) is 5.96 Å². The maximum Gasteiger partial charge on any atom is 0.223 e. The van der Waals surface area contributed by atoms with Gasteiger partial charge in [0.25, 0.3) is 0 Å². The molecule has 1 atom stereocenters. The van der Waals surface area contributed by atoms with E-state index in [4.69, 9.17) is 14.9 Å². The summed E-state index contributed by atoms with van der Waals surface area (Å²) in [7, 11) is 1.57. The van der Waals surface area contributed by atoms with E-state index < -0.39 is 11.5 Å². The first-order chi connectivity index (χ1) is 19.7. The highest BCUT2D eigenvalue weighted by Gasteiger charge is 2.35. The lowest BCUT2D eigenvalue weighted by Crippen LogP contribution is -2.39. The van der Waals surface area contributed by atoms with E-state index in [1.807, 2.05) is 79.4 Å². The maximum absolute atomic E-state index is 10.9. The first kappa shape index (κ1) is 27.5. The Morgan fingerprint density at radius 1 is 0.951 bits per heavy atom. The van der Waals surface area contributed by atoms with Crippen LogP contribution in [0.4, 0.5) is 5.69 Å². The van der Waals surface area contributed by atoms with Crippen molar-refractivity contribution >= 4 is 17.4 Å². The molecule has 1 heterocycles. The Hall–Kier alpha value is -5.04. The monoisotopic (exact) mass is 547 g/mol. The minimum absolute atomic E-state index is 0.0424. The summed E-state index contributed by atoms with van der Waals surface area (Å²) in [5.41, 5.74) is 3.21. The standard InChI is InChI=1S/C34H33N3O4/c1-5-34(2,3)28-19-27(32(40-4)21-31(28)39)30-20-29(22-14-16-24(38)17-15-22)36-33(35)37(30)23-10-9-13-26(18-23)41-25-11-7-6-8-12-25/h5-19,21,30,35,38-39H,1,20H2,2-4H3. The Morgan fingerprint density at radius 3 is 2.34 bits per heavy atom. The number of anilines is 1. The third-order valence-electron chi connectivity index (χ3n) is 7.35. The van der Waals surface area contributed by atoms with Gasteiger partial charge in [0, 0.05) is 40.8 Å². The predicted octanol–water partition coefficient (Wildman–Crippen LogP) is 7.74. The van der Waals surface area contributed by atoms with Gasteiger partial charge in [0.1, 0.15) is 28.7 Å². The number of aromatic hydroxyl groups is 2. The van der Waals surface area contributed by atoms with Crippen LogP contribution in [-0.2, 0) is 5.41 Å². The number of rotatable bonds is 8. The lowest BCUT2D eigenvalue weighted by Gasteiger charge is -2.38. The van der Waals surface area contributed by atoms with Crippen LogP contribution in [0.1, 0.15) is 43.0 Å². The Balaban J connectivity index is 1.65. The highest BCUT2D eigenvalue weighted by atomic mass is 16.5. The molecule has 1 unspecified atom stereocenters. The first-order valence-electron chi connectivity index (χ1n) is 13.3. The largest absolute Gasteiger partial charge is 0.508 e. The van der Waals surface area contributed by atoms with Crippen molar-refractivity contribution in [2.75, 3.05) is 12.0 Å². The highest BCUT2D eigenvalue weighted by Crippen LogP contribution is 2.44. The first-order valence-corrected chi connectivity index (χ1v) is 13.3. The molecule has 1 aliphatic rings. The molecule has 0 fully saturated rings. The number of nitrogens with one attached hydrogen (secondary N) is 1. The molecule has 0 aliphatic carbocycles. The molecule has 0 saturated heterocycles. The lowest BCUT2D eigenvalue weighted by molar-refractivity contribution is 0.395. The van der Waals surface area contributed by atoms with Gasteiger partial charge in [-0.1, -0.05) is 44.2 Å². The second-order valence-electron chi connectivity index (χ2n) is 10.5. The molecular weight excluding hydrogens is 514 g/mol. The third kappa shape index (κ3) is 5.65. The summed E-state index contributed by atoms with van der Waals surface area (Å²) in [6.07, 6.45) is 2.23. The molecule has 0 radical (unpaired) electrons. The van der Waals surface area contributed by atoms with Crippen molar-refractivity contribution < 1.29 is 19.7 Å².